The molecule has 3 aromatic rings. The number of benzene rings is 2. The van der Waals surface area contributed by atoms with Gasteiger partial charge in [0, 0.05) is 15.8 Å². The molecule has 0 aliphatic rings. The maximum absolute atomic E-state index is 5.88. The Kier molecular flexibility index (Phi) is 7.68. The standard InChI is InChI=1S/C21H23BrN4OS/c1-3-4-13-27-20-8-6-5-7-18(20)14-23-26-16(2)24-25-21(26)28-15-17-9-11-19(22)12-10-17/h5-12,14H,3-4,13,15H2,1-2H3/b23-14+. The van der Waals surface area contributed by atoms with E-state index in [0.29, 0.717) is 6.61 Å². The summed E-state index contributed by atoms with van der Waals surface area (Å²) in [6, 6.07) is 16.2. The van der Waals surface area contributed by atoms with Gasteiger partial charge in [0.15, 0.2) is 5.82 Å². The highest BCUT2D eigenvalue weighted by Crippen LogP contribution is 2.23. The average Bonchev–Trinajstić information content (AvgIpc) is 3.06. The molecule has 3 rings (SSSR count). The van der Waals surface area contributed by atoms with Gasteiger partial charge in [-0.2, -0.15) is 9.78 Å². The molecule has 5 nitrogen and oxygen atoms in total. The zero-order valence-electron chi connectivity index (χ0n) is 16.0. The molecule has 0 aliphatic carbocycles. The monoisotopic (exact) mass is 458 g/mol. The van der Waals surface area contributed by atoms with Crippen molar-refractivity contribution in [2.75, 3.05) is 6.61 Å². The zero-order chi connectivity index (χ0) is 19.8. The SMILES string of the molecule is CCCCOc1ccccc1/C=N/n1c(C)nnc1SCc1ccc(Br)cc1. The van der Waals surface area contributed by atoms with Crippen molar-refractivity contribution in [2.24, 2.45) is 5.10 Å². The van der Waals surface area contributed by atoms with Crippen LogP contribution in [0.2, 0.25) is 0 Å². The third kappa shape index (κ3) is 5.69. The van der Waals surface area contributed by atoms with E-state index in [4.69, 9.17) is 4.74 Å². The van der Waals surface area contributed by atoms with Crippen molar-refractivity contribution in [3.05, 3.63) is 70.0 Å². The smallest absolute Gasteiger partial charge is 0.212 e. The predicted molar refractivity (Wildman–Crippen MR) is 118 cm³/mol. The molecule has 0 unspecified atom stereocenters. The molecule has 0 spiro atoms. The second kappa shape index (κ2) is 10.4. The van der Waals surface area contributed by atoms with Crippen LogP contribution >= 0.6 is 27.7 Å². The number of aryl methyl sites for hydroxylation is 1. The topological polar surface area (TPSA) is 52.3 Å². The normalized spacial score (nSPS) is 11.2. The minimum absolute atomic E-state index is 0.710. The molecule has 0 bridgehead atoms. The van der Waals surface area contributed by atoms with Gasteiger partial charge in [-0.25, -0.2) is 0 Å². The third-order valence-electron chi connectivity index (χ3n) is 4.04. The van der Waals surface area contributed by atoms with E-state index in [0.717, 1.165) is 45.4 Å². The van der Waals surface area contributed by atoms with E-state index >= 15 is 0 Å². The molecule has 146 valence electrons. The molecule has 0 fully saturated rings. The highest BCUT2D eigenvalue weighted by Gasteiger charge is 2.09. The van der Waals surface area contributed by atoms with Gasteiger partial charge in [0.05, 0.1) is 12.8 Å². The zero-order valence-corrected chi connectivity index (χ0v) is 18.4. The summed E-state index contributed by atoms with van der Waals surface area (Å²) >= 11 is 5.07. The first-order valence-corrected chi connectivity index (χ1v) is 11.0. The van der Waals surface area contributed by atoms with Gasteiger partial charge in [-0.05, 0) is 43.2 Å². The van der Waals surface area contributed by atoms with Crippen LogP contribution in [-0.4, -0.2) is 27.7 Å². The fourth-order valence-electron chi connectivity index (χ4n) is 2.45. The Bertz CT molecular complexity index is 924. The van der Waals surface area contributed by atoms with Crippen LogP contribution in [0.25, 0.3) is 0 Å². The van der Waals surface area contributed by atoms with Gasteiger partial charge >= 0.3 is 0 Å². The Morgan fingerprint density at radius 1 is 1.14 bits per heavy atom. The van der Waals surface area contributed by atoms with E-state index < -0.39 is 0 Å². The van der Waals surface area contributed by atoms with Crippen molar-refractivity contribution in [3.63, 3.8) is 0 Å². The van der Waals surface area contributed by atoms with Crippen LogP contribution in [-0.2, 0) is 5.75 Å². The van der Waals surface area contributed by atoms with Crippen LogP contribution < -0.4 is 4.74 Å². The fourth-order valence-corrected chi connectivity index (χ4v) is 3.61. The van der Waals surface area contributed by atoms with Gasteiger partial charge in [0.25, 0.3) is 0 Å². The van der Waals surface area contributed by atoms with E-state index in [1.807, 2.05) is 43.3 Å². The second-order valence-electron chi connectivity index (χ2n) is 6.24. The highest BCUT2D eigenvalue weighted by atomic mass is 79.9. The number of unbranched alkanes of at least 4 members (excludes halogenated alkanes) is 1. The summed E-state index contributed by atoms with van der Waals surface area (Å²) in [4.78, 5) is 0. The number of hydrogen-bond acceptors (Lipinski definition) is 5. The van der Waals surface area contributed by atoms with Crippen LogP contribution in [0.3, 0.4) is 0 Å². The number of ether oxygens (including phenoxy) is 1. The maximum Gasteiger partial charge on any atom is 0.212 e. The molecule has 28 heavy (non-hydrogen) atoms. The fraction of sp³-hybridized carbons (Fsp3) is 0.286. The molecule has 0 aliphatic heterocycles. The average molecular weight is 459 g/mol. The largest absolute Gasteiger partial charge is 0.493 e. The van der Waals surface area contributed by atoms with Gasteiger partial charge in [0.1, 0.15) is 5.75 Å². The van der Waals surface area contributed by atoms with Crippen LogP contribution in [0.15, 0.2) is 63.3 Å². The van der Waals surface area contributed by atoms with Gasteiger partial charge in [-0.1, -0.05) is 65.3 Å². The molecular weight excluding hydrogens is 436 g/mol. The molecule has 1 aromatic heterocycles. The highest BCUT2D eigenvalue weighted by molar-refractivity contribution is 9.10. The lowest BCUT2D eigenvalue weighted by atomic mass is 10.2. The molecule has 0 radical (unpaired) electrons. The van der Waals surface area contributed by atoms with Crippen LogP contribution in [0, 0.1) is 6.92 Å². The number of thioether (sulfide) groups is 1. The minimum atomic E-state index is 0.710. The predicted octanol–water partition coefficient (Wildman–Crippen LogP) is 5.70. The molecule has 7 heteroatoms. The summed E-state index contributed by atoms with van der Waals surface area (Å²) in [6.45, 7) is 4.76. The Morgan fingerprint density at radius 2 is 1.93 bits per heavy atom. The molecule has 0 saturated heterocycles. The Balaban J connectivity index is 1.72. The van der Waals surface area contributed by atoms with Gasteiger partial charge < -0.3 is 4.74 Å². The summed E-state index contributed by atoms with van der Waals surface area (Å²) in [5.41, 5.74) is 2.16. The Morgan fingerprint density at radius 3 is 2.71 bits per heavy atom. The van der Waals surface area contributed by atoms with E-state index in [1.54, 1.807) is 22.7 Å². The summed E-state index contributed by atoms with van der Waals surface area (Å²) < 4.78 is 8.73. The summed E-state index contributed by atoms with van der Waals surface area (Å²) in [6.07, 6.45) is 3.95. The lowest BCUT2D eigenvalue weighted by Gasteiger charge is -2.08. The quantitative estimate of drug-likeness (QED) is 0.234. The second-order valence-corrected chi connectivity index (χ2v) is 8.10. The van der Waals surface area contributed by atoms with Crippen molar-refractivity contribution < 1.29 is 4.74 Å². The van der Waals surface area contributed by atoms with Crippen molar-refractivity contribution >= 4 is 33.9 Å². The third-order valence-corrected chi connectivity index (χ3v) is 5.56. The number of nitrogens with zero attached hydrogens (tertiary/aromatic N) is 4. The van der Waals surface area contributed by atoms with E-state index in [-0.39, 0.29) is 0 Å². The lowest BCUT2D eigenvalue weighted by molar-refractivity contribution is 0.309. The number of rotatable bonds is 9. The van der Waals surface area contributed by atoms with Crippen LogP contribution in [0.4, 0.5) is 0 Å². The van der Waals surface area contributed by atoms with E-state index in [9.17, 15) is 0 Å². The molecular formula is C21H23BrN4OS. The number of halogens is 1. The van der Waals surface area contributed by atoms with E-state index in [2.05, 4.69) is 50.3 Å². The van der Waals surface area contributed by atoms with Gasteiger partial charge in [-0.15, -0.1) is 10.2 Å². The first-order valence-electron chi connectivity index (χ1n) is 9.23. The van der Waals surface area contributed by atoms with Gasteiger partial charge in [-0.3, -0.25) is 0 Å². The molecule has 1 heterocycles. The molecule has 0 N–H and O–H groups in total. The van der Waals surface area contributed by atoms with Crippen molar-refractivity contribution in [2.45, 2.75) is 37.6 Å². The summed E-state index contributed by atoms with van der Waals surface area (Å²) in [7, 11) is 0. The minimum Gasteiger partial charge on any atom is -0.493 e. The lowest BCUT2D eigenvalue weighted by Crippen LogP contribution is -2.01. The molecule has 0 saturated carbocycles. The Hall–Kier alpha value is -2.12. The van der Waals surface area contributed by atoms with Crippen LogP contribution in [0.5, 0.6) is 5.75 Å². The molecule has 0 atom stereocenters. The summed E-state index contributed by atoms with van der Waals surface area (Å²) in [5.74, 6) is 2.39. The summed E-state index contributed by atoms with van der Waals surface area (Å²) in [5, 5.41) is 13.8. The van der Waals surface area contributed by atoms with Crippen molar-refractivity contribution in [3.8, 4) is 5.75 Å². The van der Waals surface area contributed by atoms with Gasteiger partial charge in [0.2, 0.25) is 5.16 Å². The van der Waals surface area contributed by atoms with Crippen molar-refractivity contribution in [1.29, 1.82) is 0 Å². The Labute approximate surface area is 178 Å². The number of aromatic nitrogens is 3. The number of para-hydroxylation sites is 1. The van der Waals surface area contributed by atoms with Crippen molar-refractivity contribution in [1.82, 2.24) is 14.9 Å². The van der Waals surface area contributed by atoms with Crippen LogP contribution in [0.1, 0.15) is 36.7 Å². The van der Waals surface area contributed by atoms with E-state index in [1.165, 1.54) is 5.56 Å². The molecule has 0 amide bonds. The molecule has 2 aromatic carbocycles. The first-order chi connectivity index (χ1) is 13.7. The maximum atomic E-state index is 5.88. The number of hydrogen-bond donors (Lipinski definition) is 0. The first kappa shape index (κ1) is 20.6.